The molecular weight excluding hydrogens is 244 g/mol. The van der Waals surface area contributed by atoms with Crippen LogP contribution in [0.4, 0.5) is 0 Å². The minimum Gasteiger partial charge on any atom is -0.307 e. The molecule has 100 valence electrons. The molecule has 0 aliphatic heterocycles. The van der Waals surface area contributed by atoms with Crippen molar-refractivity contribution in [2.24, 2.45) is 0 Å². The molecule has 0 radical (unpaired) electrons. The lowest BCUT2D eigenvalue weighted by Crippen LogP contribution is -2.22. The first-order chi connectivity index (χ1) is 9.90. The first-order valence-electron chi connectivity index (χ1n) is 7.01. The molecule has 0 saturated carbocycles. The number of hydrogen-bond donors (Lipinski definition) is 1. The van der Waals surface area contributed by atoms with E-state index in [1.54, 1.807) is 0 Å². The van der Waals surface area contributed by atoms with Crippen LogP contribution in [0.2, 0.25) is 0 Å². The fourth-order valence-corrected chi connectivity index (χ4v) is 2.67. The van der Waals surface area contributed by atoms with Crippen molar-refractivity contribution >= 4 is 10.8 Å². The van der Waals surface area contributed by atoms with Crippen molar-refractivity contribution in [2.45, 2.75) is 13.0 Å². The van der Waals surface area contributed by atoms with Gasteiger partial charge in [-0.15, -0.1) is 0 Å². The van der Waals surface area contributed by atoms with Gasteiger partial charge in [0.1, 0.15) is 0 Å². The van der Waals surface area contributed by atoms with Gasteiger partial charge in [0.15, 0.2) is 0 Å². The lowest BCUT2D eigenvalue weighted by molar-refractivity contribution is 0.634. The molecule has 20 heavy (non-hydrogen) atoms. The summed E-state index contributed by atoms with van der Waals surface area (Å²) in [7, 11) is 0. The van der Waals surface area contributed by atoms with Gasteiger partial charge in [0, 0.05) is 12.4 Å². The Morgan fingerprint density at radius 3 is 2.50 bits per heavy atom. The molecule has 0 amide bonds. The number of fused-ring (bicyclic) bond motifs is 1. The lowest BCUT2D eigenvalue weighted by atomic mass is 9.94. The Morgan fingerprint density at radius 2 is 1.70 bits per heavy atom. The zero-order chi connectivity index (χ0) is 13.8. The van der Waals surface area contributed by atoms with E-state index < -0.39 is 0 Å². The molecule has 3 aromatic rings. The van der Waals surface area contributed by atoms with E-state index in [9.17, 15) is 0 Å². The third kappa shape index (κ3) is 2.43. The van der Waals surface area contributed by atoms with Crippen molar-refractivity contribution in [3.63, 3.8) is 0 Å². The van der Waals surface area contributed by atoms with E-state index in [-0.39, 0.29) is 6.04 Å². The van der Waals surface area contributed by atoms with Crippen LogP contribution in [0.1, 0.15) is 24.1 Å². The second kappa shape index (κ2) is 5.85. The highest BCUT2D eigenvalue weighted by atomic mass is 14.9. The summed E-state index contributed by atoms with van der Waals surface area (Å²) >= 11 is 0. The summed E-state index contributed by atoms with van der Waals surface area (Å²) in [5, 5.41) is 6.16. The van der Waals surface area contributed by atoms with Gasteiger partial charge in [-0.05, 0) is 40.6 Å². The fraction of sp³-hybridized carbons (Fsp3) is 0.167. The van der Waals surface area contributed by atoms with Crippen LogP contribution >= 0.6 is 0 Å². The van der Waals surface area contributed by atoms with Gasteiger partial charge in [-0.25, -0.2) is 0 Å². The van der Waals surface area contributed by atoms with Gasteiger partial charge < -0.3 is 5.32 Å². The van der Waals surface area contributed by atoms with Crippen LogP contribution in [0.3, 0.4) is 0 Å². The molecule has 0 fully saturated rings. The van der Waals surface area contributed by atoms with Crippen molar-refractivity contribution in [3.8, 4) is 0 Å². The summed E-state index contributed by atoms with van der Waals surface area (Å²) in [5.41, 5.74) is 2.56. The summed E-state index contributed by atoms with van der Waals surface area (Å²) in [6.45, 7) is 3.07. The molecule has 0 aliphatic rings. The Kier molecular flexibility index (Phi) is 3.75. The Bertz CT molecular complexity index is 687. The SMILES string of the molecule is CCNC(c1ccncc1)c1cccc2ccccc12. The maximum atomic E-state index is 4.12. The van der Waals surface area contributed by atoms with Gasteiger partial charge >= 0.3 is 0 Å². The van der Waals surface area contributed by atoms with E-state index in [0.29, 0.717) is 0 Å². The monoisotopic (exact) mass is 262 g/mol. The van der Waals surface area contributed by atoms with Crippen molar-refractivity contribution in [3.05, 3.63) is 78.1 Å². The summed E-state index contributed by atoms with van der Waals surface area (Å²) in [6, 6.07) is 19.4. The molecule has 1 heterocycles. The second-order valence-corrected chi connectivity index (χ2v) is 4.84. The van der Waals surface area contributed by atoms with Gasteiger partial charge in [-0.2, -0.15) is 0 Å². The van der Waals surface area contributed by atoms with E-state index in [2.05, 4.69) is 71.8 Å². The molecule has 0 aliphatic carbocycles. The van der Waals surface area contributed by atoms with E-state index in [0.717, 1.165) is 6.54 Å². The van der Waals surface area contributed by atoms with Crippen molar-refractivity contribution in [2.75, 3.05) is 6.54 Å². The predicted molar refractivity (Wildman–Crippen MR) is 83.7 cm³/mol. The molecule has 1 aromatic heterocycles. The average Bonchev–Trinajstić information content (AvgIpc) is 2.53. The maximum absolute atomic E-state index is 4.12. The number of hydrogen-bond acceptors (Lipinski definition) is 2. The first kappa shape index (κ1) is 12.8. The van der Waals surface area contributed by atoms with Crippen molar-refractivity contribution < 1.29 is 0 Å². The number of pyridine rings is 1. The average molecular weight is 262 g/mol. The zero-order valence-electron chi connectivity index (χ0n) is 11.6. The number of nitrogens with one attached hydrogen (secondary N) is 1. The number of nitrogens with zero attached hydrogens (tertiary/aromatic N) is 1. The first-order valence-corrected chi connectivity index (χ1v) is 7.01. The smallest absolute Gasteiger partial charge is 0.0583 e. The van der Waals surface area contributed by atoms with E-state index >= 15 is 0 Å². The van der Waals surface area contributed by atoms with Gasteiger partial charge in [0.25, 0.3) is 0 Å². The van der Waals surface area contributed by atoms with Crippen molar-refractivity contribution in [1.82, 2.24) is 10.3 Å². The standard InChI is InChI=1S/C18H18N2/c1-2-20-18(15-10-12-19-13-11-15)17-9-5-7-14-6-3-4-8-16(14)17/h3-13,18,20H,2H2,1H3. The Morgan fingerprint density at radius 1 is 0.950 bits per heavy atom. The molecule has 2 aromatic carbocycles. The summed E-state index contributed by atoms with van der Waals surface area (Å²) in [4.78, 5) is 4.12. The molecular formula is C18H18N2. The molecule has 1 N–H and O–H groups in total. The third-order valence-electron chi connectivity index (χ3n) is 3.58. The van der Waals surface area contributed by atoms with Crippen LogP contribution in [0, 0.1) is 0 Å². The van der Waals surface area contributed by atoms with Gasteiger partial charge in [0.2, 0.25) is 0 Å². The highest BCUT2D eigenvalue weighted by molar-refractivity contribution is 5.86. The maximum Gasteiger partial charge on any atom is 0.0583 e. The fourth-order valence-electron chi connectivity index (χ4n) is 2.67. The highest BCUT2D eigenvalue weighted by Crippen LogP contribution is 2.28. The van der Waals surface area contributed by atoms with E-state index in [1.165, 1.54) is 21.9 Å². The number of aromatic nitrogens is 1. The largest absolute Gasteiger partial charge is 0.307 e. The van der Waals surface area contributed by atoms with Crippen LogP contribution in [0.5, 0.6) is 0 Å². The van der Waals surface area contributed by atoms with E-state index in [1.807, 2.05) is 12.4 Å². The zero-order valence-corrected chi connectivity index (χ0v) is 11.6. The Labute approximate surface area is 119 Å². The minimum atomic E-state index is 0.203. The van der Waals surface area contributed by atoms with Crippen molar-refractivity contribution in [1.29, 1.82) is 0 Å². The Hall–Kier alpha value is -2.19. The predicted octanol–water partition coefficient (Wildman–Crippen LogP) is 3.93. The highest BCUT2D eigenvalue weighted by Gasteiger charge is 2.14. The van der Waals surface area contributed by atoms with Crippen LogP contribution < -0.4 is 5.32 Å². The molecule has 0 bridgehead atoms. The van der Waals surface area contributed by atoms with Crippen LogP contribution in [0.15, 0.2) is 67.0 Å². The third-order valence-corrected chi connectivity index (χ3v) is 3.58. The van der Waals surface area contributed by atoms with Crippen LogP contribution in [-0.4, -0.2) is 11.5 Å². The molecule has 1 unspecified atom stereocenters. The molecule has 1 atom stereocenters. The number of benzene rings is 2. The van der Waals surface area contributed by atoms with E-state index in [4.69, 9.17) is 0 Å². The summed E-state index contributed by atoms with van der Waals surface area (Å²) in [6.07, 6.45) is 3.70. The van der Waals surface area contributed by atoms with Crippen LogP contribution in [-0.2, 0) is 0 Å². The normalized spacial score (nSPS) is 12.4. The summed E-state index contributed by atoms with van der Waals surface area (Å²) in [5.74, 6) is 0. The van der Waals surface area contributed by atoms with Gasteiger partial charge in [-0.3, -0.25) is 4.98 Å². The quantitative estimate of drug-likeness (QED) is 0.770. The summed E-state index contributed by atoms with van der Waals surface area (Å²) < 4.78 is 0. The molecule has 0 spiro atoms. The molecule has 2 heteroatoms. The molecule has 3 rings (SSSR count). The topological polar surface area (TPSA) is 24.9 Å². The minimum absolute atomic E-state index is 0.203. The van der Waals surface area contributed by atoms with Crippen LogP contribution in [0.25, 0.3) is 10.8 Å². The second-order valence-electron chi connectivity index (χ2n) is 4.84. The van der Waals surface area contributed by atoms with Gasteiger partial charge in [-0.1, -0.05) is 49.4 Å². The van der Waals surface area contributed by atoms with Gasteiger partial charge in [0.05, 0.1) is 6.04 Å². The Balaban J connectivity index is 2.15. The number of rotatable bonds is 4. The molecule has 0 saturated heterocycles. The lowest BCUT2D eigenvalue weighted by Gasteiger charge is -2.20. The molecule has 2 nitrogen and oxygen atoms in total.